The Hall–Kier alpha value is -2.79. The number of nitrogens with one attached hydrogen (secondary N) is 1. The van der Waals surface area contributed by atoms with Crippen LogP contribution in [0.2, 0.25) is 0 Å². The van der Waals surface area contributed by atoms with Crippen molar-refractivity contribution >= 4 is 10.0 Å². The fourth-order valence-corrected chi connectivity index (χ4v) is 5.81. The van der Waals surface area contributed by atoms with E-state index in [0.29, 0.717) is 31.4 Å². The number of benzene rings is 2. The summed E-state index contributed by atoms with van der Waals surface area (Å²) < 4.78 is 41.7. The number of ether oxygens (including phenoxy) is 2. The molecule has 10 heteroatoms. The molecular weight excluding hydrogens is 456 g/mol. The summed E-state index contributed by atoms with van der Waals surface area (Å²) in [5, 5.41) is 18.3. The average molecular weight is 487 g/mol. The maximum Gasteiger partial charge on any atom is 0.241 e. The van der Waals surface area contributed by atoms with Gasteiger partial charge >= 0.3 is 0 Å². The molecule has 2 N–H and O–H groups in total. The zero-order valence-electron chi connectivity index (χ0n) is 19.3. The summed E-state index contributed by atoms with van der Waals surface area (Å²) in [4.78, 5) is 0.242. The quantitative estimate of drug-likeness (QED) is 0.478. The molecule has 182 valence electrons. The second kappa shape index (κ2) is 10.6. The lowest BCUT2D eigenvalue weighted by atomic mass is 9.98. The summed E-state index contributed by atoms with van der Waals surface area (Å²) in [5.74, 6) is 0.732. The lowest BCUT2D eigenvalue weighted by Gasteiger charge is -2.36. The van der Waals surface area contributed by atoms with E-state index in [1.54, 1.807) is 43.0 Å². The van der Waals surface area contributed by atoms with Crippen LogP contribution in [0.15, 0.2) is 59.6 Å². The van der Waals surface area contributed by atoms with Gasteiger partial charge in [-0.05, 0) is 49.9 Å². The van der Waals surface area contributed by atoms with Crippen molar-refractivity contribution in [3.8, 4) is 17.0 Å². The Labute approximate surface area is 199 Å². The number of aryl methyl sites for hydroxylation is 2. The van der Waals surface area contributed by atoms with Crippen molar-refractivity contribution in [2.24, 2.45) is 0 Å². The van der Waals surface area contributed by atoms with Crippen LogP contribution in [-0.2, 0) is 21.3 Å². The molecule has 1 fully saturated rings. The maximum atomic E-state index is 12.9. The number of nitrogens with zero attached hydrogens (tertiary/aromatic N) is 3. The van der Waals surface area contributed by atoms with Crippen LogP contribution in [0, 0.1) is 6.92 Å². The molecule has 1 saturated heterocycles. The summed E-state index contributed by atoms with van der Waals surface area (Å²) in [6, 6.07) is 14.0. The predicted molar refractivity (Wildman–Crippen MR) is 127 cm³/mol. The topological polar surface area (TPSA) is 116 Å². The lowest BCUT2D eigenvalue weighted by Crippen LogP contribution is -2.51. The molecule has 0 bridgehead atoms. The summed E-state index contributed by atoms with van der Waals surface area (Å²) in [7, 11) is -2.09. The normalized spacial score (nSPS) is 20.9. The first-order valence-electron chi connectivity index (χ1n) is 11.3. The number of sulfonamides is 1. The number of aliphatic hydroxyl groups is 1. The van der Waals surface area contributed by atoms with Crippen molar-refractivity contribution in [1.29, 1.82) is 0 Å². The van der Waals surface area contributed by atoms with Crippen molar-refractivity contribution < 1.29 is 23.0 Å². The minimum Gasteiger partial charge on any atom is -0.496 e. The number of aliphatic hydroxyl groups excluding tert-OH is 1. The monoisotopic (exact) mass is 486 g/mol. The SMILES string of the molecule is COc1ccccc1-c1cn(CC[C@H]2CC[C@@H](NS(=O)(=O)c3ccccc3C)[C@@H](CO)O2)nn1. The zero-order valence-corrected chi connectivity index (χ0v) is 20.1. The van der Waals surface area contributed by atoms with Crippen LogP contribution >= 0.6 is 0 Å². The predicted octanol–water partition coefficient (Wildman–Crippen LogP) is 2.54. The third-order valence-electron chi connectivity index (χ3n) is 6.09. The molecule has 0 saturated carbocycles. The van der Waals surface area contributed by atoms with Crippen molar-refractivity contribution in [3.63, 3.8) is 0 Å². The smallest absolute Gasteiger partial charge is 0.241 e. The number of aromatic nitrogens is 3. The Morgan fingerprint density at radius 2 is 1.94 bits per heavy atom. The van der Waals surface area contributed by atoms with Crippen LogP contribution in [0.3, 0.4) is 0 Å². The van der Waals surface area contributed by atoms with Crippen LogP contribution in [0.5, 0.6) is 5.75 Å². The average Bonchev–Trinajstić information content (AvgIpc) is 3.32. The third-order valence-corrected chi connectivity index (χ3v) is 7.74. The molecule has 0 amide bonds. The summed E-state index contributed by atoms with van der Waals surface area (Å²) in [6.45, 7) is 2.08. The van der Waals surface area contributed by atoms with Crippen LogP contribution in [0.4, 0.5) is 0 Å². The van der Waals surface area contributed by atoms with Crippen molar-refractivity contribution in [2.45, 2.75) is 55.9 Å². The van der Waals surface area contributed by atoms with Gasteiger partial charge in [-0.25, -0.2) is 13.1 Å². The van der Waals surface area contributed by atoms with Crippen molar-refractivity contribution in [2.75, 3.05) is 13.7 Å². The molecule has 1 aromatic heterocycles. The third kappa shape index (κ3) is 5.47. The first-order chi connectivity index (χ1) is 16.4. The molecule has 2 heterocycles. The van der Waals surface area contributed by atoms with Crippen LogP contribution < -0.4 is 9.46 Å². The van der Waals surface area contributed by atoms with E-state index in [2.05, 4.69) is 15.0 Å². The Balaban J connectivity index is 1.35. The lowest BCUT2D eigenvalue weighted by molar-refractivity contribution is -0.0891. The van der Waals surface area contributed by atoms with Crippen molar-refractivity contribution in [3.05, 3.63) is 60.3 Å². The fraction of sp³-hybridized carbons (Fsp3) is 0.417. The number of para-hydroxylation sites is 1. The van der Waals surface area contributed by atoms with E-state index in [0.717, 1.165) is 17.0 Å². The van der Waals surface area contributed by atoms with Gasteiger partial charge in [-0.2, -0.15) is 0 Å². The van der Waals surface area contributed by atoms with E-state index in [4.69, 9.17) is 9.47 Å². The van der Waals surface area contributed by atoms with Crippen LogP contribution in [0.1, 0.15) is 24.8 Å². The number of hydrogen-bond donors (Lipinski definition) is 2. The van der Waals surface area contributed by atoms with Gasteiger partial charge in [0.1, 0.15) is 11.4 Å². The van der Waals surface area contributed by atoms with Gasteiger partial charge in [0.05, 0.1) is 43.1 Å². The van der Waals surface area contributed by atoms with Gasteiger partial charge in [0.25, 0.3) is 0 Å². The fourth-order valence-electron chi connectivity index (χ4n) is 4.26. The minimum atomic E-state index is -3.71. The molecule has 0 unspecified atom stereocenters. The highest BCUT2D eigenvalue weighted by molar-refractivity contribution is 7.89. The molecule has 1 aliphatic rings. The van der Waals surface area contributed by atoms with Gasteiger partial charge < -0.3 is 14.6 Å². The van der Waals surface area contributed by atoms with Gasteiger partial charge in [0, 0.05) is 12.1 Å². The second-order valence-corrected chi connectivity index (χ2v) is 10.1. The van der Waals surface area contributed by atoms with Crippen LogP contribution in [0.25, 0.3) is 11.3 Å². The number of methoxy groups -OCH3 is 1. The van der Waals surface area contributed by atoms with Gasteiger partial charge in [-0.15, -0.1) is 5.10 Å². The standard InChI is InChI=1S/C24H30N4O5S/c1-17-7-3-6-10-24(17)34(30,31)26-20-12-11-18(33-23(20)16-29)13-14-28-15-21(25-27-28)19-8-4-5-9-22(19)32-2/h3-10,15,18,20,23,26,29H,11-14,16H2,1-2H3/t18-,20-,23-/m1/s1. The molecule has 2 aromatic carbocycles. The van der Waals surface area contributed by atoms with E-state index in [1.165, 1.54) is 0 Å². The van der Waals surface area contributed by atoms with E-state index in [1.807, 2.05) is 30.5 Å². The molecule has 3 atom stereocenters. The summed E-state index contributed by atoms with van der Waals surface area (Å²) >= 11 is 0. The zero-order chi connectivity index (χ0) is 24.1. The van der Waals surface area contributed by atoms with Gasteiger partial charge in [0.2, 0.25) is 10.0 Å². The summed E-state index contributed by atoms with van der Waals surface area (Å²) in [6.07, 6.45) is 3.05. The Kier molecular flexibility index (Phi) is 7.62. The molecule has 1 aliphatic heterocycles. The second-order valence-electron chi connectivity index (χ2n) is 8.41. The number of hydrogen-bond acceptors (Lipinski definition) is 7. The van der Waals surface area contributed by atoms with Gasteiger partial charge in [-0.1, -0.05) is 35.5 Å². The van der Waals surface area contributed by atoms with Crippen LogP contribution in [-0.4, -0.2) is 60.5 Å². The Bertz CT molecular complexity index is 1210. The molecule has 0 spiro atoms. The highest BCUT2D eigenvalue weighted by Gasteiger charge is 2.34. The van der Waals surface area contributed by atoms with Gasteiger partial charge in [-0.3, -0.25) is 4.68 Å². The van der Waals surface area contributed by atoms with E-state index in [9.17, 15) is 13.5 Å². The molecule has 4 rings (SSSR count). The Morgan fingerprint density at radius 3 is 2.71 bits per heavy atom. The summed E-state index contributed by atoms with van der Waals surface area (Å²) in [5.41, 5.74) is 2.26. The molecular formula is C24H30N4O5S. The minimum absolute atomic E-state index is 0.115. The highest BCUT2D eigenvalue weighted by Crippen LogP contribution is 2.28. The first kappa shape index (κ1) is 24.3. The maximum absolute atomic E-state index is 12.9. The molecule has 3 aromatic rings. The Morgan fingerprint density at radius 1 is 1.18 bits per heavy atom. The van der Waals surface area contributed by atoms with Crippen molar-refractivity contribution in [1.82, 2.24) is 19.7 Å². The van der Waals surface area contributed by atoms with E-state index >= 15 is 0 Å². The highest BCUT2D eigenvalue weighted by atomic mass is 32.2. The molecule has 9 nitrogen and oxygen atoms in total. The van der Waals surface area contributed by atoms with E-state index < -0.39 is 22.2 Å². The molecule has 0 radical (unpaired) electrons. The largest absolute Gasteiger partial charge is 0.496 e. The first-order valence-corrected chi connectivity index (χ1v) is 12.8. The molecule has 34 heavy (non-hydrogen) atoms. The van der Waals surface area contributed by atoms with E-state index in [-0.39, 0.29) is 17.6 Å². The molecule has 0 aliphatic carbocycles. The number of rotatable bonds is 9. The van der Waals surface area contributed by atoms with Gasteiger partial charge in [0.15, 0.2) is 0 Å².